The number of hydrogen-bond acceptors (Lipinski definition) is 3. The van der Waals surface area contributed by atoms with Crippen molar-refractivity contribution in [2.24, 2.45) is 5.92 Å². The SMILES string of the molecule is CCC(CC)N(CC(C)C)c1cc(CNC(C)C)ccn1. The number of anilines is 1. The van der Waals surface area contributed by atoms with Crippen LogP contribution in [0.1, 0.15) is 59.9 Å². The van der Waals surface area contributed by atoms with E-state index in [1.54, 1.807) is 0 Å². The van der Waals surface area contributed by atoms with E-state index in [2.05, 4.69) is 68.9 Å². The minimum atomic E-state index is 0.507. The molecule has 0 aliphatic heterocycles. The van der Waals surface area contributed by atoms with Gasteiger partial charge in [0, 0.05) is 31.4 Å². The average Bonchev–Trinajstić information content (AvgIpc) is 2.45. The van der Waals surface area contributed by atoms with Gasteiger partial charge in [0.1, 0.15) is 5.82 Å². The molecule has 0 aliphatic rings. The van der Waals surface area contributed by atoms with E-state index < -0.39 is 0 Å². The molecule has 1 aromatic heterocycles. The molecule has 0 saturated heterocycles. The molecule has 1 heterocycles. The molecule has 0 atom stereocenters. The Balaban J connectivity index is 2.93. The van der Waals surface area contributed by atoms with Crippen molar-refractivity contribution in [3.63, 3.8) is 0 Å². The van der Waals surface area contributed by atoms with Gasteiger partial charge in [0.05, 0.1) is 0 Å². The van der Waals surface area contributed by atoms with Crippen LogP contribution in [0, 0.1) is 5.92 Å². The summed E-state index contributed by atoms with van der Waals surface area (Å²) in [7, 11) is 0. The maximum Gasteiger partial charge on any atom is 0.129 e. The van der Waals surface area contributed by atoms with Crippen LogP contribution in [0.15, 0.2) is 18.3 Å². The van der Waals surface area contributed by atoms with Crippen LogP contribution in [0.25, 0.3) is 0 Å². The van der Waals surface area contributed by atoms with Gasteiger partial charge < -0.3 is 10.2 Å². The molecule has 3 nitrogen and oxygen atoms in total. The van der Waals surface area contributed by atoms with Crippen molar-refractivity contribution in [3.8, 4) is 0 Å². The zero-order valence-electron chi connectivity index (χ0n) is 14.7. The van der Waals surface area contributed by atoms with Crippen LogP contribution in [-0.2, 0) is 6.54 Å². The first kappa shape index (κ1) is 18.0. The van der Waals surface area contributed by atoms with E-state index in [1.165, 1.54) is 18.4 Å². The third-order valence-electron chi connectivity index (χ3n) is 3.76. The molecule has 21 heavy (non-hydrogen) atoms. The van der Waals surface area contributed by atoms with Gasteiger partial charge in [-0.1, -0.05) is 41.5 Å². The van der Waals surface area contributed by atoms with Crippen molar-refractivity contribution in [2.75, 3.05) is 11.4 Å². The van der Waals surface area contributed by atoms with Crippen molar-refractivity contribution < 1.29 is 0 Å². The van der Waals surface area contributed by atoms with Gasteiger partial charge in [-0.3, -0.25) is 0 Å². The maximum absolute atomic E-state index is 4.63. The van der Waals surface area contributed by atoms with Crippen molar-refractivity contribution in [1.82, 2.24) is 10.3 Å². The van der Waals surface area contributed by atoms with Crippen LogP contribution in [0.4, 0.5) is 5.82 Å². The van der Waals surface area contributed by atoms with Gasteiger partial charge in [-0.15, -0.1) is 0 Å². The maximum atomic E-state index is 4.63. The highest BCUT2D eigenvalue weighted by Gasteiger charge is 2.18. The van der Waals surface area contributed by atoms with Gasteiger partial charge in [0.25, 0.3) is 0 Å². The van der Waals surface area contributed by atoms with Crippen LogP contribution in [-0.4, -0.2) is 23.6 Å². The zero-order valence-corrected chi connectivity index (χ0v) is 14.7. The van der Waals surface area contributed by atoms with E-state index in [9.17, 15) is 0 Å². The number of rotatable bonds is 9. The first-order valence-electron chi connectivity index (χ1n) is 8.42. The minimum absolute atomic E-state index is 0.507. The molecule has 1 aromatic rings. The fourth-order valence-corrected chi connectivity index (χ4v) is 2.60. The summed E-state index contributed by atoms with van der Waals surface area (Å²) in [6.45, 7) is 15.4. The Morgan fingerprint density at radius 2 is 1.81 bits per heavy atom. The quantitative estimate of drug-likeness (QED) is 0.738. The third kappa shape index (κ3) is 6.04. The second kappa shape index (κ2) is 9.04. The lowest BCUT2D eigenvalue weighted by Gasteiger charge is -2.33. The van der Waals surface area contributed by atoms with E-state index in [4.69, 9.17) is 0 Å². The van der Waals surface area contributed by atoms with E-state index in [1.807, 2.05) is 6.20 Å². The lowest BCUT2D eigenvalue weighted by molar-refractivity contribution is 0.503. The predicted molar refractivity (Wildman–Crippen MR) is 92.8 cm³/mol. The average molecular weight is 291 g/mol. The predicted octanol–water partition coefficient (Wildman–Crippen LogP) is 4.23. The highest BCUT2D eigenvalue weighted by atomic mass is 15.2. The Hall–Kier alpha value is -1.09. The Kier molecular flexibility index (Phi) is 7.73. The van der Waals surface area contributed by atoms with E-state index >= 15 is 0 Å². The van der Waals surface area contributed by atoms with Gasteiger partial charge in [-0.05, 0) is 36.5 Å². The second-order valence-electron chi connectivity index (χ2n) is 6.57. The molecule has 0 aliphatic carbocycles. The molecular weight excluding hydrogens is 258 g/mol. The monoisotopic (exact) mass is 291 g/mol. The van der Waals surface area contributed by atoms with Gasteiger partial charge in [-0.2, -0.15) is 0 Å². The van der Waals surface area contributed by atoms with Gasteiger partial charge in [0.15, 0.2) is 0 Å². The van der Waals surface area contributed by atoms with Crippen LogP contribution in [0.3, 0.4) is 0 Å². The topological polar surface area (TPSA) is 28.2 Å². The number of aromatic nitrogens is 1. The van der Waals surface area contributed by atoms with E-state index in [0.717, 1.165) is 18.9 Å². The molecule has 0 aromatic carbocycles. The Morgan fingerprint density at radius 3 is 2.33 bits per heavy atom. The Bertz CT molecular complexity index is 397. The molecule has 0 saturated carbocycles. The highest BCUT2D eigenvalue weighted by molar-refractivity contribution is 5.42. The molecule has 1 N–H and O–H groups in total. The van der Waals surface area contributed by atoms with Gasteiger partial charge >= 0.3 is 0 Å². The molecular formula is C18H33N3. The number of pyridine rings is 1. The molecule has 0 amide bonds. The fourth-order valence-electron chi connectivity index (χ4n) is 2.60. The summed E-state index contributed by atoms with van der Waals surface area (Å²) in [5, 5.41) is 3.48. The molecule has 120 valence electrons. The summed E-state index contributed by atoms with van der Waals surface area (Å²) < 4.78 is 0. The first-order chi connectivity index (χ1) is 9.97. The molecule has 0 fully saturated rings. The van der Waals surface area contributed by atoms with Crippen molar-refractivity contribution >= 4 is 5.82 Å². The standard InChI is InChI=1S/C18H33N3/c1-7-17(8-2)21(13-14(3)4)18-11-16(9-10-19-18)12-20-15(5)6/h9-11,14-15,17,20H,7-8,12-13H2,1-6H3. The number of hydrogen-bond donors (Lipinski definition) is 1. The summed E-state index contributed by atoms with van der Waals surface area (Å²) in [5.41, 5.74) is 1.31. The van der Waals surface area contributed by atoms with E-state index in [0.29, 0.717) is 18.0 Å². The number of nitrogens with zero attached hydrogens (tertiary/aromatic N) is 2. The highest BCUT2D eigenvalue weighted by Crippen LogP contribution is 2.21. The summed E-state index contributed by atoms with van der Waals surface area (Å²) in [4.78, 5) is 7.12. The Morgan fingerprint density at radius 1 is 1.14 bits per heavy atom. The normalized spacial score (nSPS) is 11.7. The summed E-state index contributed by atoms with van der Waals surface area (Å²) in [6.07, 6.45) is 4.28. The molecule has 3 heteroatoms. The van der Waals surface area contributed by atoms with E-state index in [-0.39, 0.29) is 0 Å². The lowest BCUT2D eigenvalue weighted by Crippen LogP contribution is -2.38. The lowest BCUT2D eigenvalue weighted by atomic mass is 10.1. The number of nitrogens with one attached hydrogen (secondary N) is 1. The summed E-state index contributed by atoms with van der Waals surface area (Å²) in [6, 6.07) is 5.44. The molecule has 0 bridgehead atoms. The largest absolute Gasteiger partial charge is 0.353 e. The second-order valence-corrected chi connectivity index (χ2v) is 6.57. The Labute approximate surface area is 131 Å². The fraction of sp³-hybridized carbons (Fsp3) is 0.722. The van der Waals surface area contributed by atoms with Crippen LogP contribution in [0.5, 0.6) is 0 Å². The molecule has 0 unspecified atom stereocenters. The molecule has 0 spiro atoms. The van der Waals surface area contributed by atoms with Crippen molar-refractivity contribution in [1.29, 1.82) is 0 Å². The van der Waals surface area contributed by atoms with Crippen molar-refractivity contribution in [3.05, 3.63) is 23.9 Å². The van der Waals surface area contributed by atoms with Gasteiger partial charge in [-0.25, -0.2) is 4.98 Å². The third-order valence-corrected chi connectivity index (χ3v) is 3.76. The summed E-state index contributed by atoms with van der Waals surface area (Å²) in [5.74, 6) is 1.77. The van der Waals surface area contributed by atoms with Crippen LogP contribution < -0.4 is 10.2 Å². The molecule has 0 radical (unpaired) electrons. The summed E-state index contributed by atoms with van der Waals surface area (Å²) >= 11 is 0. The van der Waals surface area contributed by atoms with Gasteiger partial charge in [0.2, 0.25) is 0 Å². The minimum Gasteiger partial charge on any atom is -0.353 e. The van der Waals surface area contributed by atoms with Crippen molar-refractivity contribution in [2.45, 2.75) is 73.0 Å². The first-order valence-corrected chi connectivity index (χ1v) is 8.42. The van der Waals surface area contributed by atoms with Crippen LogP contribution >= 0.6 is 0 Å². The zero-order chi connectivity index (χ0) is 15.8. The smallest absolute Gasteiger partial charge is 0.129 e. The van der Waals surface area contributed by atoms with Crippen LogP contribution in [0.2, 0.25) is 0 Å². The molecule has 1 rings (SSSR count).